The zero-order valence-electron chi connectivity index (χ0n) is 16.0. The SMILES string of the molecule is C=C(/C(=C/CO)C(O)CC/C(=C/c1ccc(O)cc1Cl)CCC)C(C)C. The van der Waals surface area contributed by atoms with Crippen molar-refractivity contribution in [2.24, 2.45) is 5.92 Å². The molecule has 0 aliphatic carbocycles. The van der Waals surface area contributed by atoms with Gasteiger partial charge >= 0.3 is 0 Å². The van der Waals surface area contributed by atoms with Gasteiger partial charge in [-0.3, -0.25) is 0 Å². The van der Waals surface area contributed by atoms with Gasteiger partial charge in [-0.05, 0) is 60.1 Å². The second-order valence-corrected chi connectivity index (χ2v) is 7.24. The number of phenols is 1. The van der Waals surface area contributed by atoms with E-state index in [0.29, 0.717) is 11.4 Å². The van der Waals surface area contributed by atoms with Crippen LogP contribution < -0.4 is 0 Å². The summed E-state index contributed by atoms with van der Waals surface area (Å²) in [4.78, 5) is 0. The topological polar surface area (TPSA) is 60.7 Å². The molecule has 26 heavy (non-hydrogen) atoms. The van der Waals surface area contributed by atoms with Gasteiger partial charge in [-0.25, -0.2) is 0 Å². The summed E-state index contributed by atoms with van der Waals surface area (Å²) >= 11 is 6.20. The quantitative estimate of drug-likeness (QED) is 0.471. The first-order valence-corrected chi connectivity index (χ1v) is 9.54. The Morgan fingerprint density at radius 3 is 2.50 bits per heavy atom. The van der Waals surface area contributed by atoms with Gasteiger partial charge in [0.1, 0.15) is 5.75 Å². The molecule has 0 aliphatic rings. The highest BCUT2D eigenvalue weighted by molar-refractivity contribution is 6.32. The van der Waals surface area contributed by atoms with Gasteiger partial charge in [0, 0.05) is 0 Å². The lowest BCUT2D eigenvalue weighted by molar-refractivity contribution is 0.199. The largest absolute Gasteiger partial charge is 0.508 e. The van der Waals surface area contributed by atoms with E-state index in [0.717, 1.165) is 36.0 Å². The number of rotatable bonds is 10. The molecule has 4 heteroatoms. The summed E-state index contributed by atoms with van der Waals surface area (Å²) in [5.41, 5.74) is 3.63. The molecule has 0 saturated carbocycles. The fourth-order valence-corrected chi connectivity index (χ4v) is 3.06. The van der Waals surface area contributed by atoms with Gasteiger partial charge in [-0.15, -0.1) is 0 Å². The first-order chi connectivity index (χ1) is 12.3. The Bertz CT molecular complexity index is 659. The second-order valence-electron chi connectivity index (χ2n) is 6.83. The Hall–Kier alpha value is -1.55. The molecule has 0 radical (unpaired) electrons. The molecule has 3 nitrogen and oxygen atoms in total. The lowest BCUT2D eigenvalue weighted by Crippen LogP contribution is -2.15. The summed E-state index contributed by atoms with van der Waals surface area (Å²) in [6, 6.07) is 4.94. The molecule has 0 heterocycles. The minimum absolute atomic E-state index is 0.112. The van der Waals surface area contributed by atoms with E-state index in [9.17, 15) is 15.3 Å². The van der Waals surface area contributed by atoms with E-state index in [1.165, 1.54) is 11.6 Å². The van der Waals surface area contributed by atoms with Gasteiger partial charge < -0.3 is 15.3 Å². The van der Waals surface area contributed by atoms with Crippen molar-refractivity contribution in [1.29, 1.82) is 0 Å². The van der Waals surface area contributed by atoms with Crippen molar-refractivity contribution in [1.82, 2.24) is 0 Å². The molecule has 1 rings (SSSR count). The average molecular weight is 379 g/mol. The molecule has 1 atom stereocenters. The number of allylic oxidation sites excluding steroid dienone is 1. The normalized spacial score (nSPS) is 14.0. The van der Waals surface area contributed by atoms with Crippen LogP contribution in [0.25, 0.3) is 6.08 Å². The van der Waals surface area contributed by atoms with E-state index >= 15 is 0 Å². The standard InChI is InChI=1S/C22H31ClO3/c1-5-6-17(13-18-8-9-19(25)14-21(18)23)7-10-22(26)20(11-12-24)16(4)15(2)3/h8-9,11,13-15,22,24-26H,4-7,10,12H2,1-3H3/b17-13+,20-11-. The Labute approximate surface area is 162 Å². The predicted molar refractivity (Wildman–Crippen MR) is 110 cm³/mol. The van der Waals surface area contributed by atoms with Crippen LogP contribution >= 0.6 is 11.6 Å². The molecule has 0 bridgehead atoms. The van der Waals surface area contributed by atoms with Gasteiger partial charge in [0.25, 0.3) is 0 Å². The highest BCUT2D eigenvalue weighted by Crippen LogP contribution is 2.28. The van der Waals surface area contributed by atoms with Crippen molar-refractivity contribution in [3.05, 3.63) is 58.2 Å². The van der Waals surface area contributed by atoms with Crippen LogP contribution in [0, 0.1) is 5.92 Å². The monoisotopic (exact) mass is 378 g/mol. The molecule has 0 spiro atoms. The first-order valence-electron chi connectivity index (χ1n) is 9.16. The van der Waals surface area contributed by atoms with Crippen LogP contribution in [0.4, 0.5) is 0 Å². The minimum Gasteiger partial charge on any atom is -0.508 e. The Kier molecular flexibility index (Phi) is 9.71. The maximum atomic E-state index is 10.6. The molecule has 1 unspecified atom stereocenters. The van der Waals surface area contributed by atoms with Gasteiger partial charge in [0.15, 0.2) is 0 Å². The van der Waals surface area contributed by atoms with Crippen LogP contribution in [0.5, 0.6) is 5.75 Å². The number of hydrogen-bond donors (Lipinski definition) is 3. The molecule has 1 aromatic carbocycles. The molecule has 0 amide bonds. The van der Waals surface area contributed by atoms with Crippen molar-refractivity contribution in [2.45, 2.75) is 52.6 Å². The van der Waals surface area contributed by atoms with Gasteiger partial charge in [-0.2, -0.15) is 0 Å². The third-order valence-electron chi connectivity index (χ3n) is 4.39. The number of aliphatic hydroxyl groups excluding tert-OH is 2. The summed E-state index contributed by atoms with van der Waals surface area (Å²) in [6.45, 7) is 10.1. The molecule has 0 aromatic heterocycles. The summed E-state index contributed by atoms with van der Waals surface area (Å²) in [7, 11) is 0. The van der Waals surface area contributed by atoms with Crippen LogP contribution in [0.2, 0.25) is 5.02 Å². The van der Waals surface area contributed by atoms with Gasteiger partial charge in [0.05, 0.1) is 17.7 Å². The fraction of sp³-hybridized carbons (Fsp3) is 0.455. The summed E-state index contributed by atoms with van der Waals surface area (Å²) in [5, 5.41) is 29.9. The van der Waals surface area contributed by atoms with Crippen LogP contribution in [-0.2, 0) is 0 Å². The zero-order chi connectivity index (χ0) is 19.7. The van der Waals surface area contributed by atoms with Gasteiger partial charge in [0.2, 0.25) is 0 Å². The first kappa shape index (κ1) is 22.5. The molecule has 0 fully saturated rings. The van der Waals surface area contributed by atoms with Crippen LogP contribution in [0.15, 0.2) is 47.6 Å². The third-order valence-corrected chi connectivity index (χ3v) is 4.72. The highest BCUT2D eigenvalue weighted by atomic mass is 35.5. The Morgan fingerprint density at radius 2 is 1.96 bits per heavy atom. The lowest BCUT2D eigenvalue weighted by atomic mass is 9.89. The van der Waals surface area contributed by atoms with Crippen molar-refractivity contribution in [3.8, 4) is 5.75 Å². The number of aromatic hydroxyl groups is 1. The second kappa shape index (κ2) is 11.2. The maximum absolute atomic E-state index is 10.6. The fourth-order valence-electron chi connectivity index (χ4n) is 2.83. The van der Waals surface area contributed by atoms with E-state index in [2.05, 4.69) is 13.5 Å². The minimum atomic E-state index is -0.660. The van der Waals surface area contributed by atoms with Crippen LogP contribution in [-0.4, -0.2) is 28.0 Å². The zero-order valence-corrected chi connectivity index (χ0v) is 16.8. The molecule has 144 valence electrons. The number of phenolic OH excluding ortho intramolecular Hbond substituents is 1. The summed E-state index contributed by atoms with van der Waals surface area (Å²) < 4.78 is 0. The summed E-state index contributed by atoms with van der Waals surface area (Å²) in [5.74, 6) is 0.356. The van der Waals surface area contributed by atoms with E-state index in [-0.39, 0.29) is 18.3 Å². The molecular weight excluding hydrogens is 348 g/mol. The summed E-state index contributed by atoms with van der Waals surface area (Å²) in [6.07, 6.45) is 6.20. The average Bonchev–Trinajstić information content (AvgIpc) is 2.59. The van der Waals surface area contributed by atoms with Crippen LogP contribution in [0.3, 0.4) is 0 Å². The molecular formula is C22H31ClO3. The molecule has 0 saturated heterocycles. The molecule has 3 N–H and O–H groups in total. The number of halogens is 1. The van der Waals surface area contributed by atoms with Crippen molar-refractivity contribution >= 4 is 17.7 Å². The smallest absolute Gasteiger partial charge is 0.117 e. The highest BCUT2D eigenvalue weighted by Gasteiger charge is 2.16. The van der Waals surface area contributed by atoms with Crippen molar-refractivity contribution in [3.63, 3.8) is 0 Å². The van der Waals surface area contributed by atoms with Crippen LogP contribution in [0.1, 0.15) is 52.0 Å². The van der Waals surface area contributed by atoms with E-state index in [1.54, 1.807) is 18.2 Å². The van der Waals surface area contributed by atoms with Crippen molar-refractivity contribution < 1.29 is 15.3 Å². The van der Waals surface area contributed by atoms with Gasteiger partial charge in [-0.1, -0.05) is 63.1 Å². The number of hydrogen-bond acceptors (Lipinski definition) is 3. The predicted octanol–water partition coefficient (Wildman–Crippen LogP) is 5.50. The lowest BCUT2D eigenvalue weighted by Gasteiger charge is -2.20. The number of benzene rings is 1. The Balaban J connectivity index is 2.92. The van der Waals surface area contributed by atoms with E-state index < -0.39 is 6.10 Å². The van der Waals surface area contributed by atoms with Crippen molar-refractivity contribution in [2.75, 3.05) is 6.61 Å². The third kappa shape index (κ3) is 6.99. The maximum Gasteiger partial charge on any atom is 0.117 e. The Morgan fingerprint density at radius 1 is 1.27 bits per heavy atom. The number of aliphatic hydroxyl groups is 2. The van der Waals surface area contributed by atoms with E-state index in [1.807, 2.05) is 19.9 Å². The molecule has 1 aromatic rings. The molecule has 0 aliphatic heterocycles. The van der Waals surface area contributed by atoms with E-state index in [4.69, 9.17) is 11.6 Å².